The highest BCUT2D eigenvalue weighted by atomic mass is 31.0. The van der Waals surface area contributed by atoms with Gasteiger partial charge in [-0.25, -0.2) is 4.98 Å². The Morgan fingerprint density at radius 1 is 1.60 bits per heavy atom. The Morgan fingerprint density at radius 3 is 2.80 bits per heavy atom. The van der Waals surface area contributed by atoms with Crippen molar-refractivity contribution in [3.63, 3.8) is 0 Å². The molecule has 4 nitrogen and oxygen atoms in total. The van der Waals surface area contributed by atoms with Crippen LogP contribution in [0.5, 0.6) is 0 Å². The summed E-state index contributed by atoms with van der Waals surface area (Å²) in [5.74, 6) is 0.596. The lowest BCUT2D eigenvalue weighted by Crippen LogP contribution is -2.07. The van der Waals surface area contributed by atoms with Crippen LogP contribution in [-0.2, 0) is 4.74 Å². The fourth-order valence-electron chi connectivity index (χ4n) is 0.897. The number of hydrogen-bond donors (Lipinski definition) is 1. The van der Waals surface area contributed by atoms with Crippen molar-refractivity contribution in [1.82, 2.24) is 4.98 Å². The Bertz CT molecular complexity index is 305. The average molecular weight is 228 g/mol. The fraction of sp³-hybridized carbons (Fsp3) is 0.400. The smallest absolute Gasteiger partial charge is 0.188 e. The number of pyridine rings is 1. The van der Waals surface area contributed by atoms with E-state index in [0.29, 0.717) is 11.4 Å². The molecule has 0 amide bonds. The van der Waals surface area contributed by atoms with E-state index in [1.807, 2.05) is 13.8 Å². The van der Waals surface area contributed by atoms with Gasteiger partial charge in [-0.15, -0.1) is 0 Å². The molecule has 0 spiro atoms. The summed E-state index contributed by atoms with van der Waals surface area (Å²) in [4.78, 5) is 15.3. The van der Waals surface area contributed by atoms with Crippen LogP contribution in [0.1, 0.15) is 24.2 Å². The number of anilines is 1. The number of carbonyl (C=O) groups is 1. The van der Waals surface area contributed by atoms with Crippen molar-refractivity contribution in [1.29, 1.82) is 0 Å². The maximum Gasteiger partial charge on any atom is 0.188 e. The number of carbonyl (C=O) groups excluding carboxylic acids is 1. The van der Waals surface area contributed by atoms with Crippen LogP contribution in [0.2, 0.25) is 0 Å². The second kappa shape index (κ2) is 8.33. The van der Waals surface area contributed by atoms with E-state index in [9.17, 15) is 4.79 Å². The second-order valence-corrected chi connectivity index (χ2v) is 2.72. The predicted molar refractivity (Wildman–Crippen MR) is 65.1 cm³/mol. The summed E-state index contributed by atoms with van der Waals surface area (Å²) in [7, 11) is 3.81. The van der Waals surface area contributed by atoms with E-state index in [0.717, 1.165) is 0 Å². The summed E-state index contributed by atoms with van der Waals surface area (Å²) in [5.41, 5.74) is 0.599. The first-order chi connectivity index (χ1) is 7.27. The molecule has 0 saturated carbocycles. The Hall–Kier alpha value is -0.990. The molecule has 0 aliphatic rings. The van der Waals surface area contributed by atoms with E-state index in [4.69, 9.17) is 4.74 Å². The monoisotopic (exact) mass is 228 g/mol. The van der Waals surface area contributed by atoms with Gasteiger partial charge in [0.05, 0.1) is 0 Å². The fourth-order valence-corrected chi connectivity index (χ4v) is 1.06. The Kier molecular flexibility index (Phi) is 7.78. The van der Waals surface area contributed by atoms with Crippen LogP contribution in [0, 0.1) is 0 Å². The molecule has 0 aromatic carbocycles. The van der Waals surface area contributed by atoms with E-state index < -0.39 is 0 Å². The van der Waals surface area contributed by atoms with Gasteiger partial charge in [-0.2, -0.15) is 0 Å². The minimum Gasteiger partial charge on any atom is -0.377 e. The number of ether oxygens (including phenoxy) is 1. The molecule has 1 heterocycles. The largest absolute Gasteiger partial charge is 0.377 e. The first-order valence-electron chi connectivity index (χ1n) is 4.72. The molecule has 0 saturated heterocycles. The number of ketones is 1. The zero-order chi connectivity index (χ0) is 11.7. The third kappa shape index (κ3) is 4.86. The van der Waals surface area contributed by atoms with Gasteiger partial charge < -0.3 is 9.82 Å². The Labute approximate surface area is 92.7 Å². The van der Waals surface area contributed by atoms with Gasteiger partial charge in [0.2, 0.25) is 0 Å². The van der Waals surface area contributed by atoms with Gasteiger partial charge in [0.1, 0.15) is 12.4 Å². The summed E-state index contributed by atoms with van der Waals surface area (Å²) in [6.07, 6.45) is 1.58. The molecule has 1 N–H and O–H groups in total. The van der Waals surface area contributed by atoms with Crippen molar-refractivity contribution in [3.05, 3.63) is 23.9 Å². The molecule has 1 unspecified atom stereocenters. The van der Waals surface area contributed by atoms with Gasteiger partial charge in [0.25, 0.3) is 0 Å². The summed E-state index contributed by atoms with van der Waals surface area (Å²) >= 11 is 0. The minimum absolute atomic E-state index is 0.0496. The zero-order valence-electron chi connectivity index (χ0n) is 9.28. The number of methoxy groups -OCH3 is 1. The normalized spacial score (nSPS) is 8.80. The summed E-state index contributed by atoms with van der Waals surface area (Å²) in [6.45, 7) is 4.10. The first kappa shape index (κ1) is 14.0. The number of rotatable bonds is 4. The molecule has 0 radical (unpaired) electrons. The lowest BCUT2D eigenvalue weighted by Gasteiger charge is -2.01. The maximum absolute atomic E-state index is 11.3. The van der Waals surface area contributed by atoms with Gasteiger partial charge in [-0.05, 0) is 21.5 Å². The summed E-state index contributed by atoms with van der Waals surface area (Å²) in [6, 6.07) is 3.33. The quantitative estimate of drug-likeness (QED) is 0.633. The van der Waals surface area contributed by atoms with Gasteiger partial charge >= 0.3 is 0 Å². The molecule has 1 aromatic rings. The topological polar surface area (TPSA) is 51.2 Å². The third-order valence-electron chi connectivity index (χ3n) is 1.51. The highest BCUT2D eigenvalue weighted by Gasteiger charge is 2.05. The molecule has 1 aromatic heterocycles. The molecular weight excluding hydrogens is 211 g/mol. The van der Waals surface area contributed by atoms with Crippen molar-refractivity contribution in [2.45, 2.75) is 13.8 Å². The van der Waals surface area contributed by atoms with Gasteiger partial charge in [0.15, 0.2) is 5.78 Å². The van der Waals surface area contributed by atoms with E-state index in [1.54, 1.807) is 18.3 Å². The highest BCUT2D eigenvalue weighted by Crippen LogP contribution is 2.08. The van der Waals surface area contributed by atoms with Gasteiger partial charge in [-0.3, -0.25) is 4.79 Å². The van der Waals surface area contributed by atoms with Crippen LogP contribution >= 0.6 is 9.39 Å². The zero-order valence-corrected chi connectivity index (χ0v) is 10.4. The van der Waals surface area contributed by atoms with Crippen LogP contribution in [-0.4, -0.2) is 24.5 Å². The standard InChI is InChI=1S/C8H11N2O2P.C2H6/c1-12-5-7(11)6-2-3-9-8(4-6)10-13;1-2/h2-4H,5,13H2,1H3,(H,9,10);1-2H3. The minimum atomic E-state index is -0.0496. The third-order valence-corrected chi connectivity index (χ3v) is 1.80. The maximum atomic E-state index is 11.3. The van der Waals surface area contributed by atoms with Crippen molar-refractivity contribution in [2.75, 3.05) is 18.8 Å². The molecule has 15 heavy (non-hydrogen) atoms. The van der Waals surface area contributed by atoms with Crippen molar-refractivity contribution in [2.24, 2.45) is 0 Å². The Balaban J connectivity index is 0.000000921. The predicted octanol–water partition coefficient (Wildman–Crippen LogP) is 2.14. The molecule has 1 rings (SSSR count). The van der Waals surface area contributed by atoms with E-state index >= 15 is 0 Å². The molecule has 1 atom stereocenters. The van der Waals surface area contributed by atoms with E-state index in [1.165, 1.54) is 7.11 Å². The SMILES string of the molecule is CC.COCC(=O)c1ccnc(NP)c1. The highest BCUT2D eigenvalue weighted by molar-refractivity contribution is 7.18. The van der Waals surface area contributed by atoms with Crippen LogP contribution in [0.15, 0.2) is 18.3 Å². The van der Waals surface area contributed by atoms with Crippen molar-refractivity contribution in [3.8, 4) is 0 Å². The van der Waals surface area contributed by atoms with Gasteiger partial charge in [0, 0.05) is 18.9 Å². The second-order valence-electron chi connectivity index (χ2n) is 2.43. The van der Waals surface area contributed by atoms with Gasteiger partial charge in [-0.1, -0.05) is 13.8 Å². The lowest BCUT2D eigenvalue weighted by atomic mass is 10.2. The lowest BCUT2D eigenvalue weighted by molar-refractivity contribution is 0.0848. The molecular formula is C10H17N2O2P. The van der Waals surface area contributed by atoms with Crippen LogP contribution < -0.4 is 5.09 Å². The molecule has 84 valence electrons. The molecule has 0 aliphatic heterocycles. The number of nitrogens with zero attached hydrogens (tertiary/aromatic N) is 1. The van der Waals surface area contributed by atoms with Crippen molar-refractivity contribution < 1.29 is 9.53 Å². The number of nitrogens with one attached hydrogen (secondary N) is 1. The molecule has 0 aliphatic carbocycles. The summed E-state index contributed by atoms with van der Waals surface area (Å²) < 4.78 is 4.74. The summed E-state index contributed by atoms with van der Waals surface area (Å²) in [5, 5.41) is 2.78. The van der Waals surface area contributed by atoms with Crippen molar-refractivity contribution >= 4 is 21.0 Å². The molecule has 0 bridgehead atoms. The molecule has 5 heteroatoms. The van der Waals surface area contributed by atoms with Crippen LogP contribution in [0.3, 0.4) is 0 Å². The van der Waals surface area contributed by atoms with Crippen LogP contribution in [0.25, 0.3) is 0 Å². The van der Waals surface area contributed by atoms with E-state index in [2.05, 4.69) is 19.5 Å². The van der Waals surface area contributed by atoms with Crippen LogP contribution in [0.4, 0.5) is 5.82 Å². The van der Waals surface area contributed by atoms with E-state index in [-0.39, 0.29) is 12.4 Å². The first-order valence-corrected chi connectivity index (χ1v) is 5.30. The number of aromatic nitrogens is 1. The molecule has 0 fully saturated rings. The average Bonchev–Trinajstić information content (AvgIpc) is 2.32. The number of hydrogen-bond acceptors (Lipinski definition) is 4. The Morgan fingerprint density at radius 2 is 2.27 bits per heavy atom. The number of Topliss-reactive ketones (excluding diaryl/α,β-unsaturated/α-hetero) is 1.